The van der Waals surface area contributed by atoms with Crippen LogP contribution in [0.1, 0.15) is 43.1 Å². The minimum Gasteiger partial charge on any atom is -0.478 e. The summed E-state index contributed by atoms with van der Waals surface area (Å²) in [5.41, 5.74) is -1.50. The van der Waals surface area contributed by atoms with Gasteiger partial charge in [-0.1, -0.05) is 6.58 Å². The van der Waals surface area contributed by atoms with Gasteiger partial charge in [0.1, 0.15) is 0 Å². The Morgan fingerprint density at radius 2 is 1.57 bits per heavy atom. The first kappa shape index (κ1) is 17.9. The summed E-state index contributed by atoms with van der Waals surface area (Å²) in [5, 5.41) is 27.4. The number of carbonyl (C=O) groups excluding carboxylic acids is 1. The number of carboxylic acids is 3. The molecule has 0 bridgehead atoms. The molecule has 1 rings (SSSR count). The highest BCUT2D eigenvalue weighted by molar-refractivity contribution is 6.05. The lowest BCUT2D eigenvalue weighted by molar-refractivity contribution is -0.137. The molecule has 0 fully saturated rings. The lowest BCUT2D eigenvalue weighted by Gasteiger charge is -2.12. The Balaban J connectivity index is 3.19. The van der Waals surface area contributed by atoms with Gasteiger partial charge in [0.25, 0.3) is 0 Å². The van der Waals surface area contributed by atoms with E-state index < -0.39 is 35.0 Å². The monoisotopic (exact) mass is 322 g/mol. The van der Waals surface area contributed by atoms with Gasteiger partial charge in [0.15, 0.2) is 0 Å². The molecule has 0 aliphatic carbocycles. The fraction of sp³-hybridized carbons (Fsp3) is 0.200. The van der Waals surface area contributed by atoms with Gasteiger partial charge in [-0.05, 0) is 30.5 Å². The topological polar surface area (TPSA) is 138 Å². The van der Waals surface area contributed by atoms with Crippen LogP contribution in [-0.4, -0.2) is 45.8 Å². The van der Waals surface area contributed by atoms with E-state index in [1.54, 1.807) is 0 Å². The fourth-order valence-electron chi connectivity index (χ4n) is 2.01. The van der Waals surface area contributed by atoms with E-state index in [0.717, 1.165) is 18.2 Å². The van der Waals surface area contributed by atoms with E-state index in [-0.39, 0.29) is 30.6 Å². The second-order valence-corrected chi connectivity index (χ2v) is 4.40. The van der Waals surface area contributed by atoms with Gasteiger partial charge in [-0.3, -0.25) is 0 Å². The molecule has 0 aromatic heterocycles. The summed E-state index contributed by atoms with van der Waals surface area (Å²) in [5.74, 6) is -5.05. The summed E-state index contributed by atoms with van der Waals surface area (Å²) in [6.45, 7) is 3.12. The Labute approximate surface area is 130 Å². The predicted octanol–water partition coefficient (Wildman–Crippen LogP) is 1.44. The first-order chi connectivity index (χ1) is 10.8. The number of hydrogen-bond donors (Lipinski definition) is 3. The second-order valence-electron chi connectivity index (χ2n) is 4.40. The van der Waals surface area contributed by atoms with Crippen molar-refractivity contribution in [3.63, 3.8) is 0 Å². The zero-order chi connectivity index (χ0) is 17.6. The Morgan fingerprint density at radius 3 is 2.04 bits per heavy atom. The van der Waals surface area contributed by atoms with Crippen molar-refractivity contribution in [1.29, 1.82) is 0 Å². The quantitative estimate of drug-likeness (QED) is 0.371. The molecule has 0 radical (unpaired) electrons. The van der Waals surface area contributed by atoms with Crippen LogP contribution in [0, 0.1) is 0 Å². The minimum atomic E-state index is -1.54. The highest BCUT2D eigenvalue weighted by atomic mass is 16.5. The molecule has 0 heterocycles. The average molecular weight is 322 g/mol. The molecule has 0 spiro atoms. The van der Waals surface area contributed by atoms with Gasteiger partial charge in [0.05, 0.1) is 23.3 Å². The van der Waals surface area contributed by atoms with E-state index in [9.17, 15) is 24.3 Å². The van der Waals surface area contributed by atoms with Crippen molar-refractivity contribution >= 4 is 23.9 Å². The number of carboxylic acid groups (broad SMARTS) is 3. The first-order valence-corrected chi connectivity index (χ1v) is 6.44. The SMILES string of the molecule is C=CC(=O)OCCCc1c(C(=O)O)ccc(C(=O)O)c1C(=O)O. The smallest absolute Gasteiger partial charge is 0.336 e. The van der Waals surface area contributed by atoms with Crippen LogP contribution in [0.2, 0.25) is 0 Å². The van der Waals surface area contributed by atoms with Crippen molar-refractivity contribution in [3.05, 3.63) is 47.0 Å². The fourth-order valence-corrected chi connectivity index (χ4v) is 2.01. The van der Waals surface area contributed by atoms with Crippen LogP contribution in [-0.2, 0) is 16.0 Å². The maximum Gasteiger partial charge on any atom is 0.336 e. The summed E-state index contributed by atoms with van der Waals surface area (Å²) in [7, 11) is 0. The highest BCUT2D eigenvalue weighted by Gasteiger charge is 2.25. The van der Waals surface area contributed by atoms with Crippen LogP contribution in [0.4, 0.5) is 0 Å². The minimum absolute atomic E-state index is 0.0746. The normalized spacial score (nSPS) is 9.91. The van der Waals surface area contributed by atoms with Crippen LogP contribution in [0.5, 0.6) is 0 Å². The van der Waals surface area contributed by atoms with Crippen LogP contribution < -0.4 is 0 Å². The summed E-state index contributed by atoms with van der Waals surface area (Å²) < 4.78 is 4.72. The number of aromatic carboxylic acids is 3. The first-order valence-electron chi connectivity index (χ1n) is 6.44. The Bertz CT molecular complexity index is 674. The zero-order valence-corrected chi connectivity index (χ0v) is 11.9. The van der Waals surface area contributed by atoms with Crippen molar-refractivity contribution in [1.82, 2.24) is 0 Å². The second kappa shape index (κ2) is 7.74. The van der Waals surface area contributed by atoms with E-state index in [1.165, 1.54) is 0 Å². The van der Waals surface area contributed by atoms with Crippen molar-refractivity contribution in [2.75, 3.05) is 6.61 Å². The number of hydrogen-bond acceptors (Lipinski definition) is 5. The van der Waals surface area contributed by atoms with Crippen molar-refractivity contribution in [3.8, 4) is 0 Å². The maximum atomic E-state index is 11.4. The molecule has 8 nitrogen and oxygen atoms in total. The van der Waals surface area contributed by atoms with Crippen LogP contribution in [0.25, 0.3) is 0 Å². The van der Waals surface area contributed by atoms with Crippen molar-refractivity contribution in [2.24, 2.45) is 0 Å². The molecule has 0 atom stereocenters. The molecular formula is C15H14O8. The lowest BCUT2D eigenvalue weighted by Crippen LogP contribution is -2.16. The largest absolute Gasteiger partial charge is 0.478 e. The van der Waals surface area contributed by atoms with Crippen molar-refractivity contribution in [2.45, 2.75) is 12.8 Å². The Kier molecular flexibility index (Phi) is 6.02. The molecule has 0 saturated carbocycles. The van der Waals surface area contributed by atoms with Crippen LogP contribution in [0.15, 0.2) is 24.8 Å². The number of ether oxygens (including phenoxy) is 1. The molecule has 23 heavy (non-hydrogen) atoms. The number of benzene rings is 1. The van der Waals surface area contributed by atoms with E-state index in [2.05, 4.69) is 6.58 Å². The summed E-state index contributed by atoms with van der Waals surface area (Å²) in [4.78, 5) is 44.6. The third kappa shape index (κ3) is 4.40. The van der Waals surface area contributed by atoms with Crippen LogP contribution >= 0.6 is 0 Å². The van der Waals surface area contributed by atoms with E-state index in [4.69, 9.17) is 14.9 Å². The lowest BCUT2D eigenvalue weighted by atomic mass is 9.92. The maximum absolute atomic E-state index is 11.4. The summed E-state index contributed by atoms with van der Waals surface area (Å²) in [6, 6.07) is 1.99. The zero-order valence-electron chi connectivity index (χ0n) is 11.9. The van der Waals surface area contributed by atoms with Gasteiger partial charge in [-0.2, -0.15) is 0 Å². The van der Waals surface area contributed by atoms with Gasteiger partial charge in [-0.25, -0.2) is 19.2 Å². The third-order valence-electron chi connectivity index (χ3n) is 2.97. The van der Waals surface area contributed by atoms with Gasteiger partial charge >= 0.3 is 23.9 Å². The van der Waals surface area contributed by atoms with Crippen LogP contribution in [0.3, 0.4) is 0 Å². The van der Waals surface area contributed by atoms with Crippen molar-refractivity contribution < 1.29 is 39.2 Å². The Morgan fingerprint density at radius 1 is 1.00 bits per heavy atom. The molecule has 0 saturated heterocycles. The van der Waals surface area contributed by atoms with E-state index in [0.29, 0.717) is 0 Å². The summed E-state index contributed by atoms with van der Waals surface area (Å²) >= 11 is 0. The average Bonchev–Trinajstić information content (AvgIpc) is 2.49. The highest BCUT2D eigenvalue weighted by Crippen LogP contribution is 2.22. The molecule has 1 aromatic rings. The molecule has 0 amide bonds. The Hall–Kier alpha value is -3.16. The number of carbonyl (C=O) groups is 4. The predicted molar refractivity (Wildman–Crippen MR) is 76.8 cm³/mol. The van der Waals surface area contributed by atoms with Gasteiger partial charge in [0.2, 0.25) is 0 Å². The molecule has 122 valence electrons. The molecule has 0 aliphatic heterocycles. The van der Waals surface area contributed by atoms with Gasteiger partial charge in [0, 0.05) is 6.08 Å². The van der Waals surface area contributed by atoms with E-state index >= 15 is 0 Å². The number of rotatable bonds is 8. The summed E-state index contributed by atoms with van der Waals surface area (Å²) in [6.07, 6.45) is 1.01. The molecular weight excluding hydrogens is 308 g/mol. The molecule has 1 aromatic carbocycles. The molecule has 0 aliphatic rings. The molecule has 8 heteroatoms. The van der Waals surface area contributed by atoms with Gasteiger partial charge in [-0.15, -0.1) is 0 Å². The molecule has 3 N–H and O–H groups in total. The third-order valence-corrected chi connectivity index (χ3v) is 2.97. The molecule has 0 unspecified atom stereocenters. The number of esters is 1. The van der Waals surface area contributed by atoms with E-state index in [1.807, 2.05) is 0 Å². The standard InChI is InChI=1S/C15H14O8/c1-2-11(16)23-7-3-4-8-9(13(17)18)5-6-10(14(19)20)12(8)15(21)22/h2,5-6H,1,3-4,7H2,(H,17,18)(H,19,20)(H,21,22). The van der Waals surface area contributed by atoms with Gasteiger partial charge < -0.3 is 20.1 Å².